The van der Waals surface area contributed by atoms with Crippen LogP contribution in [-0.4, -0.2) is 48.5 Å². The molecule has 7 nitrogen and oxygen atoms in total. The third kappa shape index (κ3) is 3.54. The Morgan fingerprint density at radius 3 is 3.16 bits per heavy atom. The molecule has 19 heavy (non-hydrogen) atoms. The molecule has 0 aromatic carbocycles. The highest BCUT2D eigenvalue weighted by Crippen LogP contribution is 2.20. The van der Waals surface area contributed by atoms with Crippen molar-refractivity contribution in [2.24, 2.45) is 0 Å². The zero-order valence-corrected chi connectivity index (χ0v) is 10.9. The van der Waals surface area contributed by atoms with Gasteiger partial charge in [-0.2, -0.15) is 4.98 Å². The van der Waals surface area contributed by atoms with Gasteiger partial charge in [-0.25, -0.2) is 9.78 Å². The monoisotopic (exact) mass is 268 g/mol. The minimum absolute atomic E-state index is 0.228. The number of methoxy groups -OCH3 is 1. The molecule has 2 rings (SSSR count). The van der Waals surface area contributed by atoms with Crippen LogP contribution in [0.1, 0.15) is 13.3 Å². The van der Waals surface area contributed by atoms with Gasteiger partial charge in [0, 0.05) is 18.7 Å². The number of rotatable bonds is 5. The molecule has 1 aromatic heterocycles. The molecule has 0 radical (unpaired) electrons. The van der Waals surface area contributed by atoms with Crippen molar-refractivity contribution < 1.29 is 23.7 Å². The Hall–Kier alpha value is -1.89. The maximum atomic E-state index is 11.5. The summed E-state index contributed by atoms with van der Waals surface area (Å²) in [5, 5.41) is 0. The SMILES string of the molecule is CCOC(=O)[C@@H]1C[C@@H](Oc2ccnc(OC)n2)CO1. The second-order valence-corrected chi connectivity index (χ2v) is 3.93. The van der Waals surface area contributed by atoms with Crippen molar-refractivity contribution in [3.63, 3.8) is 0 Å². The summed E-state index contributed by atoms with van der Waals surface area (Å²) in [5.41, 5.74) is 0. The van der Waals surface area contributed by atoms with E-state index < -0.39 is 6.10 Å². The number of carbonyl (C=O) groups is 1. The smallest absolute Gasteiger partial charge is 0.335 e. The molecule has 7 heteroatoms. The van der Waals surface area contributed by atoms with Crippen LogP contribution >= 0.6 is 0 Å². The summed E-state index contributed by atoms with van der Waals surface area (Å²) in [6, 6.07) is 1.86. The fourth-order valence-electron chi connectivity index (χ4n) is 1.74. The maximum absolute atomic E-state index is 11.5. The molecule has 0 saturated carbocycles. The van der Waals surface area contributed by atoms with Gasteiger partial charge < -0.3 is 18.9 Å². The van der Waals surface area contributed by atoms with E-state index in [1.54, 1.807) is 19.2 Å². The molecule has 0 N–H and O–H groups in total. The first-order valence-corrected chi connectivity index (χ1v) is 6.05. The van der Waals surface area contributed by atoms with E-state index in [2.05, 4.69) is 9.97 Å². The molecule has 0 unspecified atom stereocenters. The third-order valence-corrected chi connectivity index (χ3v) is 2.59. The van der Waals surface area contributed by atoms with Crippen molar-refractivity contribution in [1.29, 1.82) is 0 Å². The molecule has 1 saturated heterocycles. The Morgan fingerprint density at radius 1 is 1.58 bits per heavy atom. The number of carbonyl (C=O) groups excluding carboxylic acids is 1. The molecule has 2 heterocycles. The van der Waals surface area contributed by atoms with Crippen molar-refractivity contribution >= 4 is 5.97 Å². The van der Waals surface area contributed by atoms with Gasteiger partial charge in [-0.3, -0.25) is 0 Å². The van der Waals surface area contributed by atoms with Crippen molar-refractivity contribution in [3.8, 4) is 11.9 Å². The second-order valence-electron chi connectivity index (χ2n) is 3.93. The predicted molar refractivity (Wildman–Crippen MR) is 64.0 cm³/mol. The number of esters is 1. The standard InChI is InChI=1S/C12H16N2O5/c1-3-17-11(15)9-6-8(7-18-9)19-10-4-5-13-12(14-10)16-2/h4-5,8-9H,3,6-7H2,1-2H3/t8-,9+/m1/s1. The number of hydrogen-bond acceptors (Lipinski definition) is 7. The molecule has 0 aliphatic carbocycles. The van der Waals surface area contributed by atoms with Crippen LogP contribution in [0.3, 0.4) is 0 Å². The van der Waals surface area contributed by atoms with E-state index in [0.29, 0.717) is 25.5 Å². The lowest BCUT2D eigenvalue weighted by Crippen LogP contribution is -2.23. The zero-order chi connectivity index (χ0) is 13.7. The van der Waals surface area contributed by atoms with E-state index >= 15 is 0 Å². The highest BCUT2D eigenvalue weighted by atomic mass is 16.6. The highest BCUT2D eigenvalue weighted by Gasteiger charge is 2.33. The Bertz CT molecular complexity index is 440. The maximum Gasteiger partial charge on any atom is 0.335 e. The molecule has 0 bridgehead atoms. The number of ether oxygens (including phenoxy) is 4. The minimum Gasteiger partial charge on any atom is -0.472 e. The molecule has 104 valence electrons. The van der Waals surface area contributed by atoms with Crippen LogP contribution in [-0.2, 0) is 14.3 Å². The average molecular weight is 268 g/mol. The molecule has 0 spiro atoms. The second kappa shape index (κ2) is 6.33. The molecule has 1 aliphatic rings. The van der Waals surface area contributed by atoms with E-state index in [0.717, 1.165) is 0 Å². The summed E-state index contributed by atoms with van der Waals surface area (Å²) in [5.74, 6) is 0.0406. The Balaban J connectivity index is 1.89. The first kappa shape index (κ1) is 13.5. The fraction of sp³-hybridized carbons (Fsp3) is 0.583. The number of hydrogen-bond donors (Lipinski definition) is 0. The average Bonchev–Trinajstić information content (AvgIpc) is 2.88. The van der Waals surface area contributed by atoms with Gasteiger partial charge in [0.1, 0.15) is 6.10 Å². The zero-order valence-electron chi connectivity index (χ0n) is 10.9. The Morgan fingerprint density at radius 2 is 2.42 bits per heavy atom. The van der Waals surface area contributed by atoms with Crippen LogP contribution < -0.4 is 9.47 Å². The highest BCUT2D eigenvalue weighted by molar-refractivity contribution is 5.75. The minimum atomic E-state index is -0.561. The van der Waals surface area contributed by atoms with Crippen molar-refractivity contribution in [2.45, 2.75) is 25.6 Å². The summed E-state index contributed by atoms with van der Waals surface area (Å²) >= 11 is 0. The lowest BCUT2D eigenvalue weighted by molar-refractivity contribution is -0.153. The van der Waals surface area contributed by atoms with Crippen LogP contribution in [0, 0.1) is 0 Å². The predicted octanol–water partition coefficient (Wildman–Crippen LogP) is 0.585. The van der Waals surface area contributed by atoms with Crippen molar-refractivity contribution in [2.75, 3.05) is 20.3 Å². The molecule has 2 atom stereocenters. The first-order chi connectivity index (χ1) is 9.22. The summed E-state index contributed by atoms with van der Waals surface area (Å²) in [4.78, 5) is 19.4. The molecular weight excluding hydrogens is 252 g/mol. The molecule has 1 aliphatic heterocycles. The third-order valence-electron chi connectivity index (χ3n) is 2.59. The van der Waals surface area contributed by atoms with E-state index in [1.807, 2.05) is 0 Å². The lowest BCUT2D eigenvalue weighted by atomic mass is 10.2. The number of nitrogens with zero attached hydrogens (tertiary/aromatic N) is 2. The van der Waals surface area contributed by atoms with Crippen LogP contribution in [0.4, 0.5) is 0 Å². The normalized spacial score (nSPS) is 22.0. The molecule has 1 aromatic rings. The quantitative estimate of drug-likeness (QED) is 0.723. The topological polar surface area (TPSA) is 79.8 Å². The van der Waals surface area contributed by atoms with Crippen molar-refractivity contribution in [1.82, 2.24) is 9.97 Å². The van der Waals surface area contributed by atoms with E-state index in [9.17, 15) is 4.79 Å². The van der Waals surface area contributed by atoms with Gasteiger partial charge in [0.15, 0.2) is 6.10 Å². The summed E-state index contributed by atoms with van der Waals surface area (Å²) < 4.78 is 20.7. The van der Waals surface area contributed by atoms with E-state index in [4.69, 9.17) is 18.9 Å². The van der Waals surface area contributed by atoms with Gasteiger partial charge >= 0.3 is 12.0 Å². The summed E-state index contributed by atoms with van der Waals surface area (Å²) in [6.45, 7) is 2.43. The first-order valence-electron chi connectivity index (χ1n) is 6.05. The molecule has 1 fully saturated rings. The van der Waals surface area contributed by atoms with Gasteiger partial charge in [0.05, 0.1) is 20.3 Å². The van der Waals surface area contributed by atoms with Crippen LogP contribution in [0.2, 0.25) is 0 Å². The van der Waals surface area contributed by atoms with Gasteiger partial charge in [0.25, 0.3) is 0 Å². The van der Waals surface area contributed by atoms with E-state index in [-0.39, 0.29) is 18.1 Å². The molecular formula is C12H16N2O5. The van der Waals surface area contributed by atoms with Gasteiger partial charge in [-0.15, -0.1) is 0 Å². The largest absolute Gasteiger partial charge is 0.472 e. The Kier molecular flexibility index (Phi) is 4.51. The Labute approximate surface area is 110 Å². The van der Waals surface area contributed by atoms with E-state index in [1.165, 1.54) is 7.11 Å². The van der Waals surface area contributed by atoms with Crippen molar-refractivity contribution in [3.05, 3.63) is 12.3 Å². The fourth-order valence-corrected chi connectivity index (χ4v) is 1.74. The van der Waals surface area contributed by atoms with Gasteiger partial charge in [-0.05, 0) is 6.92 Å². The van der Waals surface area contributed by atoms with Crippen LogP contribution in [0.5, 0.6) is 11.9 Å². The summed E-state index contributed by atoms with van der Waals surface area (Å²) in [7, 11) is 1.48. The number of aromatic nitrogens is 2. The summed E-state index contributed by atoms with van der Waals surface area (Å²) in [6.07, 6.45) is 1.20. The molecule has 0 amide bonds. The van der Waals surface area contributed by atoms with Crippen LogP contribution in [0.25, 0.3) is 0 Å². The van der Waals surface area contributed by atoms with Gasteiger partial charge in [-0.1, -0.05) is 0 Å². The van der Waals surface area contributed by atoms with Crippen LogP contribution in [0.15, 0.2) is 12.3 Å². The van der Waals surface area contributed by atoms with Gasteiger partial charge in [0.2, 0.25) is 5.88 Å². The lowest BCUT2D eigenvalue weighted by Gasteiger charge is -2.11.